The highest BCUT2D eigenvalue weighted by atomic mass is 19.4. The van der Waals surface area contributed by atoms with Gasteiger partial charge in [0.15, 0.2) is 0 Å². The van der Waals surface area contributed by atoms with E-state index in [1.807, 2.05) is 0 Å². The first kappa shape index (κ1) is 11.6. The summed E-state index contributed by atoms with van der Waals surface area (Å²) in [5.74, 6) is -1.78. The van der Waals surface area contributed by atoms with Crippen LogP contribution in [0.1, 0.15) is 15.9 Å². The van der Waals surface area contributed by atoms with E-state index in [1.54, 1.807) is 30.3 Å². The molecule has 0 unspecified atom stereocenters. The lowest BCUT2D eigenvalue weighted by atomic mass is 10.0. The summed E-state index contributed by atoms with van der Waals surface area (Å²) in [7, 11) is 0. The zero-order chi connectivity index (χ0) is 12.6. The van der Waals surface area contributed by atoms with Gasteiger partial charge in [0.2, 0.25) is 0 Å². The molecule has 17 heavy (non-hydrogen) atoms. The molecule has 2 aliphatic carbocycles. The molecule has 4 heteroatoms. The van der Waals surface area contributed by atoms with Crippen molar-refractivity contribution in [2.75, 3.05) is 0 Å². The topological polar surface area (TPSA) is 17.1 Å². The van der Waals surface area contributed by atoms with Crippen LogP contribution in [0.15, 0.2) is 36.4 Å². The molecule has 0 spiro atoms. The van der Waals surface area contributed by atoms with Gasteiger partial charge in [0, 0.05) is 5.56 Å². The summed E-state index contributed by atoms with van der Waals surface area (Å²) in [5, 5.41) is 0. The standard InChI is InChI=1S/C13H9F3O/c1-8-7-9-5-3-2-4-6-10(9)11(8)12(17)13(14,15)16/h2-7H,1H3. The van der Waals surface area contributed by atoms with E-state index in [2.05, 4.69) is 0 Å². The van der Waals surface area contributed by atoms with Crippen LogP contribution >= 0.6 is 0 Å². The summed E-state index contributed by atoms with van der Waals surface area (Å²) >= 11 is 0. The molecule has 0 amide bonds. The maximum Gasteiger partial charge on any atom is 0.454 e. The van der Waals surface area contributed by atoms with Gasteiger partial charge in [-0.25, -0.2) is 0 Å². The van der Waals surface area contributed by atoms with Gasteiger partial charge in [-0.15, -0.1) is 0 Å². The average Bonchev–Trinajstić information content (AvgIpc) is 2.40. The van der Waals surface area contributed by atoms with E-state index in [1.165, 1.54) is 13.0 Å². The molecular weight excluding hydrogens is 229 g/mol. The van der Waals surface area contributed by atoms with Crippen LogP contribution in [0.2, 0.25) is 0 Å². The Labute approximate surface area is 96.2 Å². The molecule has 0 aromatic rings. The number of alkyl halides is 3. The van der Waals surface area contributed by atoms with Gasteiger partial charge in [-0.05, 0) is 23.6 Å². The number of hydrogen-bond acceptors (Lipinski definition) is 1. The Morgan fingerprint density at radius 2 is 1.76 bits per heavy atom. The van der Waals surface area contributed by atoms with Crippen LogP contribution in [0, 0.1) is 6.92 Å². The Morgan fingerprint density at radius 1 is 1.12 bits per heavy atom. The summed E-state index contributed by atoms with van der Waals surface area (Å²) in [6.07, 6.45) is -4.83. The number of hydrogen-bond donors (Lipinski definition) is 0. The lowest BCUT2D eigenvalue weighted by Gasteiger charge is -2.06. The van der Waals surface area contributed by atoms with Crippen molar-refractivity contribution in [3.05, 3.63) is 47.5 Å². The molecule has 0 aromatic carbocycles. The van der Waals surface area contributed by atoms with Gasteiger partial charge in [-0.2, -0.15) is 13.2 Å². The van der Waals surface area contributed by atoms with Crippen LogP contribution in [0.3, 0.4) is 0 Å². The van der Waals surface area contributed by atoms with Gasteiger partial charge in [0.25, 0.3) is 5.78 Å². The normalized spacial score (nSPS) is 11.8. The maximum absolute atomic E-state index is 12.5. The SMILES string of the molecule is Cc1cc2cccccc-2c1C(=O)C(F)(F)F. The first-order valence-corrected chi connectivity index (χ1v) is 5.01. The predicted molar refractivity (Wildman–Crippen MR) is 58.2 cm³/mol. The van der Waals surface area contributed by atoms with Crippen LogP contribution in [0.5, 0.6) is 0 Å². The van der Waals surface area contributed by atoms with Gasteiger partial charge in [0.1, 0.15) is 0 Å². The number of fused-ring (bicyclic) bond motifs is 1. The zero-order valence-electron chi connectivity index (χ0n) is 9.01. The van der Waals surface area contributed by atoms with Gasteiger partial charge in [-0.1, -0.05) is 36.4 Å². The van der Waals surface area contributed by atoms with Crippen molar-refractivity contribution >= 4 is 5.78 Å². The summed E-state index contributed by atoms with van der Waals surface area (Å²) in [6.45, 7) is 1.51. The number of aryl methyl sites for hydroxylation is 1. The van der Waals surface area contributed by atoms with Gasteiger partial charge in [-0.3, -0.25) is 4.79 Å². The fourth-order valence-corrected chi connectivity index (χ4v) is 1.88. The second-order valence-electron chi connectivity index (χ2n) is 3.81. The highest BCUT2D eigenvalue weighted by Gasteiger charge is 2.41. The predicted octanol–water partition coefficient (Wildman–Crippen LogP) is 3.84. The first-order valence-electron chi connectivity index (χ1n) is 5.01. The van der Waals surface area contributed by atoms with Crippen molar-refractivity contribution in [1.29, 1.82) is 0 Å². The fourth-order valence-electron chi connectivity index (χ4n) is 1.88. The second kappa shape index (κ2) is 3.87. The highest BCUT2D eigenvalue weighted by Crippen LogP contribution is 2.34. The van der Waals surface area contributed by atoms with Crippen molar-refractivity contribution in [3.63, 3.8) is 0 Å². The average molecular weight is 238 g/mol. The molecule has 0 saturated heterocycles. The van der Waals surface area contributed by atoms with E-state index in [0.717, 1.165) is 0 Å². The van der Waals surface area contributed by atoms with Crippen molar-refractivity contribution in [1.82, 2.24) is 0 Å². The van der Waals surface area contributed by atoms with E-state index in [-0.39, 0.29) is 5.56 Å². The molecule has 0 fully saturated rings. The molecule has 88 valence electrons. The van der Waals surface area contributed by atoms with Crippen molar-refractivity contribution in [3.8, 4) is 11.1 Å². The van der Waals surface area contributed by atoms with Crippen molar-refractivity contribution in [2.45, 2.75) is 13.1 Å². The summed E-state index contributed by atoms with van der Waals surface area (Å²) < 4.78 is 37.4. The largest absolute Gasteiger partial charge is 0.454 e. The van der Waals surface area contributed by atoms with E-state index < -0.39 is 12.0 Å². The molecule has 0 bridgehead atoms. The lowest BCUT2D eigenvalue weighted by molar-refractivity contribution is -0.0885. The fraction of sp³-hybridized carbons (Fsp3) is 0.154. The number of halogens is 3. The minimum atomic E-state index is -4.83. The first-order chi connectivity index (χ1) is 7.91. The van der Waals surface area contributed by atoms with Gasteiger partial charge in [0.05, 0.1) is 0 Å². The Hall–Kier alpha value is -1.84. The molecule has 2 rings (SSSR count). The van der Waals surface area contributed by atoms with Gasteiger partial charge < -0.3 is 0 Å². The molecule has 0 N–H and O–H groups in total. The Bertz CT molecular complexity index is 543. The van der Waals surface area contributed by atoms with Crippen molar-refractivity contribution < 1.29 is 18.0 Å². The molecule has 0 saturated carbocycles. The number of Topliss-reactive ketones (excluding diaryl/α,β-unsaturated/α-hetero) is 1. The Morgan fingerprint density at radius 3 is 2.41 bits per heavy atom. The molecule has 1 nitrogen and oxygen atoms in total. The summed E-state index contributed by atoms with van der Waals surface area (Å²) in [5.41, 5.74) is 1.09. The maximum atomic E-state index is 12.5. The molecule has 0 radical (unpaired) electrons. The van der Waals surface area contributed by atoms with E-state index in [9.17, 15) is 18.0 Å². The number of ketones is 1. The molecule has 0 heterocycles. The second-order valence-corrected chi connectivity index (χ2v) is 3.81. The molecular formula is C13H9F3O. The molecule has 0 aliphatic heterocycles. The van der Waals surface area contributed by atoms with Crippen LogP contribution < -0.4 is 0 Å². The third kappa shape index (κ3) is 2.02. The number of carbonyl (C=O) groups is 1. The lowest BCUT2D eigenvalue weighted by Crippen LogP contribution is -2.23. The minimum absolute atomic E-state index is 0.247. The number of carbonyl (C=O) groups excluding carboxylic acids is 1. The molecule has 0 atom stereocenters. The van der Waals surface area contributed by atoms with Crippen LogP contribution in [0.4, 0.5) is 13.2 Å². The zero-order valence-corrected chi connectivity index (χ0v) is 9.01. The van der Waals surface area contributed by atoms with Crippen LogP contribution in [0.25, 0.3) is 11.1 Å². The number of rotatable bonds is 1. The molecule has 0 aromatic heterocycles. The summed E-state index contributed by atoms with van der Waals surface area (Å²) in [6, 6.07) is 9.86. The van der Waals surface area contributed by atoms with E-state index in [4.69, 9.17) is 0 Å². The van der Waals surface area contributed by atoms with Crippen LogP contribution in [-0.4, -0.2) is 12.0 Å². The van der Waals surface area contributed by atoms with E-state index in [0.29, 0.717) is 16.7 Å². The van der Waals surface area contributed by atoms with Crippen molar-refractivity contribution in [2.24, 2.45) is 0 Å². The highest BCUT2D eigenvalue weighted by molar-refractivity contribution is 6.08. The Kier molecular flexibility index (Phi) is 2.65. The minimum Gasteiger partial charge on any atom is -0.284 e. The smallest absolute Gasteiger partial charge is 0.284 e. The Balaban J connectivity index is 2.66. The summed E-state index contributed by atoms with van der Waals surface area (Å²) in [4.78, 5) is 11.3. The quantitative estimate of drug-likeness (QED) is 0.690. The monoisotopic (exact) mass is 238 g/mol. The van der Waals surface area contributed by atoms with Gasteiger partial charge >= 0.3 is 6.18 Å². The van der Waals surface area contributed by atoms with Crippen LogP contribution in [-0.2, 0) is 0 Å². The third-order valence-electron chi connectivity index (χ3n) is 2.59. The van der Waals surface area contributed by atoms with E-state index >= 15 is 0 Å². The molecule has 2 aliphatic rings. The third-order valence-corrected chi connectivity index (χ3v) is 2.59.